The second-order valence-corrected chi connectivity index (χ2v) is 7.42. The van der Waals surface area contributed by atoms with Gasteiger partial charge in [-0.2, -0.15) is 0 Å². The van der Waals surface area contributed by atoms with Crippen LogP contribution in [0.2, 0.25) is 0 Å². The van der Waals surface area contributed by atoms with E-state index >= 15 is 0 Å². The van der Waals surface area contributed by atoms with Gasteiger partial charge < -0.3 is 15.4 Å². The average molecular weight is 399 g/mol. The molecule has 2 N–H and O–H groups in total. The molecule has 0 saturated carbocycles. The molecule has 1 atom stereocenters. The lowest BCUT2D eigenvalue weighted by Gasteiger charge is -2.36. The van der Waals surface area contributed by atoms with Gasteiger partial charge in [0.05, 0.1) is 18.2 Å². The molecular weight excluding hydrogens is 368 g/mol. The molecule has 1 saturated heterocycles. The Bertz CT molecular complexity index is 780. The van der Waals surface area contributed by atoms with Crippen LogP contribution in [0.3, 0.4) is 0 Å². The lowest BCUT2D eigenvalue weighted by Crippen LogP contribution is -2.51. The van der Waals surface area contributed by atoms with E-state index in [0.717, 1.165) is 43.9 Å². The van der Waals surface area contributed by atoms with Crippen LogP contribution in [0.1, 0.15) is 24.1 Å². The zero-order valence-electron chi connectivity index (χ0n) is 17.2. The SMILES string of the molecule is C=CCN1CCN(CC2=C(C(=O)OCC)[C@@H](c3ccc(C)cc3)NC(=O)N2)CC1. The Balaban J connectivity index is 1.87. The summed E-state index contributed by atoms with van der Waals surface area (Å²) in [4.78, 5) is 29.8. The van der Waals surface area contributed by atoms with E-state index in [9.17, 15) is 9.59 Å². The zero-order valence-corrected chi connectivity index (χ0v) is 17.2. The molecule has 0 aromatic heterocycles. The number of benzene rings is 1. The molecule has 29 heavy (non-hydrogen) atoms. The molecule has 1 aromatic carbocycles. The molecule has 0 aliphatic carbocycles. The molecule has 156 valence electrons. The predicted molar refractivity (Wildman–Crippen MR) is 112 cm³/mol. The Labute approximate surface area is 172 Å². The van der Waals surface area contributed by atoms with Crippen molar-refractivity contribution in [3.8, 4) is 0 Å². The van der Waals surface area contributed by atoms with Crippen molar-refractivity contribution in [3.05, 3.63) is 59.3 Å². The largest absolute Gasteiger partial charge is 0.463 e. The van der Waals surface area contributed by atoms with Crippen molar-refractivity contribution in [2.24, 2.45) is 0 Å². The van der Waals surface area contributed by atoms with Gasteiger partial charge in [0, 0.05) is 45.0 Å². The summed E-state index contributed by atoms with van der Waals surface area (Å²) in [6, 6.07) is 7.01. The third kappa shape index (κ3) is 5.25. The molecule has 3 rings (SSSR count). The van der Waals surface area contributed by atoms with Crippen molar-refractivity contribution in [2.75, 3.05) is 45.9 Å². The molecule has 2 heterocycles. The molecule has 0 spiro atoms. The minimum absolute atomic E-state index is 0.282. The number of aryl methyl sites for hydroxylation is 1. The van der Waals surface area contributed by atoms with Crippen molar-refractivity contribution in [1.82, 2.24) is 20.4 Å². The minimum atomic E-state index is -0.527. The van der Waals surface area contributed by atoms with Crippen LogP contribution in [0.25, 0.3) is 0 Å². The summed E-state index contributed by atoms with van der Waals surface area (Å²) >= 11 is 0. The maximum atomic E-state index is 12.8. The van der Waals surface area contributed by atoms with E-state index in [1.54, 1.807) is 6.92 Å². The quantitative estimate of drug-likeness (QED) is 0.543. The molecule has 0 bridgehead atoms. The normalized spacial score (nSPS) is 20.8. The first-order valence-electron chi connectivity index (χ1n) is 10.1. The van der Waals surface area contributed by atoms with Crippen molar-refractivity contribution >= 4 is 12.0 Å². The topological polar surface area (TPSA) is 73.9 Å². The molecule has 2 aliphatic heterocycles. The molecule has 2 amide bonds. The predicted octanol–water partition coefficient (Wildman–Crippen LogP) is 1.97. The summed E-state index contributed by atoms with van der Waals surface area (Å²) in [6.07, 6.45) is 1.91. The number of ether oxygens (including phenoxy) is 1. The van der Waals surface area contributed by atoms with Gasteiger partial charge in [0.2, 0.25) is 0 Å². The Morgan fingerprint density at radius 3 is 2.48 bits per heavy atom. The van der Waals surface area contributed by atoms with Crippen LogP contribution < -0.4 is 10.6 Å². The number of hydrogen-bond acceptors (Lipinski definition) is 5. The molecule has 1 aromatic rings. The van der Waals surface area contributed by atoms with Crippen LogP contribution >= 0.6 is 0 Å². The number of esters is 1. The summed E-state index contributed by atoms with van der Waals surface area (Å²) < 4.78 is 5.33. The van der Waals surface area contributed by atoms with E-state index in [2.05, 4.69) is 27.0 Å². The molecular formula is C22H30N4O3. The number of nitrogens with zero attached hydrogens (tertiary/aromatic N) is 2. The number of carbonyl (C=O) groups is 2. The third-order valence-electron chi connectivity index (χ3n) is 5.29. The maximum absolute atomic E-state index is 12.8. The number of urea groups is 1. The number of carbonyl (C=O) groups excluding carboxylic acids is 2. The van der Waals surface area contributed by atoms with Crippen LogP contribution in [-0.2, 0) is 9.53 Å². The number of nitrogens with one attached hydrogen (secondary N) is 2. The van der Waals surface area contributed by atoms with Gasteiger partial charge >= 0.3 is 12.0 Å². The summed E-state index contributed by atoms with van der Waals surface area (Å²) in [7, 11) is 0. The summed E-state index contributed by atoms with van der Waals surface area (Å²) in [6.45, 7) is 12.8. The number of rotatable bonds is 7. The Morgan fingerprint density at radius 1 is 1.21 bits per heavy atom. The lowest BCUT2D eigenvalue weighted by atomic mass is 9.94. The fourth-order valence-electron chi connectivity index (χ4n) is 3.74. The molecule has 0 unspecified atom stereocenters. The minimum Gasteiger partial charge on any atom is -0.463 e. The van der Waals surface area contributed by atoms with E-state index in [1.165, 1.54) is 0 Å². The van der Waals surface area contributed by atoms with E-state index in [4.69, 9.17) is 4.74 Å². The number of hydrogen-bond donors (Lipinski definition) is 2. The summed E-state index contributed by atoms with van der Waals surface area (Å²) in [5.74, 6) is -0.397. The van der Waals surface area contributed by atoms with Gasteiger partial charge in [-0.3, -0.25) is 9.80 Å². The van der Waals surface area contributed by atoms with Crippen molar-refractivity contribution < 1.29 is 14.3 Å². The first kappa shape index (κ1) is 21.1. The molecule has 1 fully saturated rings. The zero-order chi connectivity index (χ0) is 20.8. The van der Waals surface area contributed by atoms with Crippen LogP contribution in [0.5, 0.6) is 0 Å². The van der Waals surface area contributed by atoms with Gasteiger partial charge in [-0.1, -0.05) is 35.9 Å². The molecule has 7 nitrogen and oxygen atoms in total. The average Bonchev–Trinajstić information content (AvgIpc) is 2.70. The van der Waals surface area contributed by atoms with E-state index in [0.29, 0.717) is 17.8 Å². The fraction of sp³-hybridized carbons (Fsp3) is 0.455. The Morgan fingerprint density at radius 2 is 1.86 bits per heavy atom. The van der Waals surface area contributed by atoms with Crippen LogP contribution in [0.15, 0.2) is 48.2 Å². The highest BCUT2D eigenvalue weighted by Gasteiger charge is 2.34. The highest BCUT2D eigenvalue weighted by molar-refractivity contribution is 5.95. The monoisotopic (exact) mass is 398 g/mol. The van der Waals surface area contributed by atoms with Gasteiger partial charge in [0.1, 0.15) is 0 Å². The highest BCUT2D eigenvalue weighted by Crippen LogP contribution is 2.28. The smallest absolute Gasteiger partial charge is 0.338 e. The maximum Gasteiger partial charge on any atom is 0.338 e. The van der Waals surface area contributed by atoms with Gasteiger partial charge in [-0.25, -0.2) is 9.59 Å². The van der Waals surface area contributed by atoms with Gasteiger partial charge in [0.25, 0.3) is 0 Å². The third-order valence-corrected chi connectivity index (χ3v) is 5.29. The van der Waals surface area contributed by atoms with Crippen molar-refractivity contribution in [1.29, 1.82) is 0 Å². The second-order valence-electron chi connectivity index (χ2n) is 7.42. The van der Waals surface area contributed by atoms with Crippen LogP contribution in [-0.4, -0.2) is 67.7 Å². The summed E-state index contributed by atoms with van der Waals surface area (Å²) in [5, 5.41) is 5.74. The second kappa shape index (κ2) is 9.71. The summed E-state index contributed by atoms with van der Waals surface area (Å²) in [5.41, 5.74) is 3.08. The molecule has 7 heteroatoms. The van der Waals surface area contributed by atoms with E-state index in [-0.39, 0.29) is 12.6 Å². The Hall–Kier alpha value is -2.64. The number of amides is 2. The van der Waals surface area contributed by atoms with Crippen LogP contribution in [0, 0.1) is 6.92 Å². The first-order chi connectivity index (χ1) is 14.0. The van der Waals surface area contributed by atoms with E-state index < -0.39 is 12.0 Å². The molecule has 0 radical (unpaired) electrons. The lowest BCUT2D eigenvalue weighted by molar-refractivity contribution is -0.139. The van der Waals surface area contributed by atoms with Crippen molar-refractivity contribution in [2.45, 2.75) is 19.9 Å². The number of piperazine rings is 1. The van der Waals surface area contributed by atoms with E-state index in [1.807, 2.05) is 37.3 Å². The van der Waals surface area contributed by atoms with Gasteiger partial charge in [-0.05, 0) is 19.4 Å². The van der Waals surface area contributed by atoms with Crippen molar-refractivity contribution in [3.63, 3.8) is 0 Å². The van der Waals surface area contributed by atoms with Gasteiger partial charge in [0.15, 0.2) is 0 Å². The highest BCUT2D eigenvalue weighted by atomic mass is 16.5. The van der Waals surface area contributed by atoms with Crippen LogP contribution in [0.4, 0.5) is 4.79 Å². The molecule has 2 aliphatic rings. The first-order valence-corrected chi connectivity index (χ1v) is 10.1. The fourth-order valence-corrected chi connectivity index (χ4v) is 3.74. The Kier molecular flexibility index (Phi) is 7.06. The van der Waals surface area contributed by atoms with Gasteiger partial charge in [-0.15, -0.1) is 6.58 Å². The standard InChI is InChI=1S/C22H30N4O3/c1-4-10-25-11-13-26(14-12-25)15-18-19(21(27)29-5-2)20(24-22(28)23-18)17-8-6-16(3)7-9-17/h4,6-9,20H,1,5,10-15H2,2-3H3,(H2,23,24,28)/t20-/m1/s1.